The molecule has 3 rings (SSSR count). The van der Waals surface area contributed by atoms with Crippen LogP contribution in [0.15, 0.2) is 24.3 Å². The van der Waals surface area contributed by atoms with Crippen LogP contribution in [0.2, 0.25) is 0 Å². The van der Waals surface area contributed by atoms with Crippen LogP contribution in [0.5, 0.6) is 0 Å². The molecule has 0 radical (unpaired) electrons. The van der Waals surface area contributed by atoms with Gasteiger partial charge in [0.15, 0.2) is 0 Å². The Kier molecular flexibility index (Phi) is 4.34. The second-order valence-corrected chi connectivity index (χ2v) is 6.45. The van der Waals surface area contributed by atoms with Gasteiger partial charge in [-0.1, -0.05) is 31.4 Å². The SMILES string of the molecule is NC1(C(=O)N2CCN(c3ccccc3F)CC2)CCCCC1. The first-order valence-electron chi connectivity index (χ1n) is 8.18. The lowest BCUT2D eigenvalue weighted by molar-refractivity contribution is -0.138. The molecule has 1 saturated heterocycles. The summed E-state index contributed by atoms with van der Waals surface area (Å²) in [4.78, 5) is 16.6. The fourth-order valence-electron chi connectivity index (χ4n) is 3.57. The highest BCUT2D eigenvalue weighted by Gasteiger charge is 2.39. The Balaban J connectivity index is 1.62. The third-order valence-corrected chi connectivity index (χ3v) is 4.93. The lowest BCUT2D eigenvalue weighted by Gasteiger charge is -2.41. The van der Waals surface area contributed by atoms with Gasteiger partial charge in [-0.25, -0.2) is 4.39 Å². The van der Waals surface area contributed by atoms with Gasteiger partial charge in [-0.05, 0) is 25.0 Å². The van der Waals surface area contributed by atoms with Crippen molar-refractivity contribution in [1.29, 1.82) is 0 Å². The monoisotopic (exact) mass is 305 g/mol. The number of amides is 1. The Bertz CT molecular complexity index is 534. The van der Waals surface area contributed by atoms with E-state index in [4.69, 9.17) is 5.73 Å². The van der Waals surface area contributed by atoms with Gasteiger partial charge in [-0.15, -0.1) is 0 Å². The number of piperazine rings is 1. The van der Waals surface area contributed by atoms with E-state index in [0.717, 1.165) is 25.7 Å². The number of para-hydroxylation sites is 1. The van der Waals surface area contributed by atoms with E-state index in [-0.39, 0.29) is 11.7 Å². The molecule has 2 fully saturated rings. The van der Waals surface area contributed by atoms with Crippen molar-refractivity contribution in [1.82, 2.24) is 4.90 Å². The third-order valence-electron chi connectivity index (χ3n) is 4.93. The van der Waals surface area contributed by atoms with E-state index in [9.17, 15) is 9.18 Å². The minimum atomic E-state index is -0.668. The van der Waals surface area contributed by atoms with Crippen molar-refractivity contribution in [3.63, 3.8) is 0 Å². The number of rotatable bonds is 2. The van der Waals surface area contributed by atoms with E-state index in [0.29, 0.717) is 31.9 Å². The van der Waals surface area contributed by atoms with Crippen LogP contribution < -0.4 is 10.6 Å². The van der Waals surface area contributed by atoms with E-state index in [1.807, 2.05) is 15.9 Å². The maximum atomic E-state index is 13.8. The summed E-state index contributed by atoms with van der Waals surface area (Å²) in [6.07, 6.45) is 4.83. The van der Waals surface area contributed by atoms with E-state index < -0.39 is 5.54 Å². The Morgan fingerprint density at radius 3 is 2.32 bits per heavy atom. The molecule has 0 spiro atoms. The Morgan fingerprint density at radius 2 is 1.68 bits per heavy atom. The van der Waals surface area contributed by atoms with Gasteiger partial charge >= 0.3 is 0 Å². The van der Waals surface area contributed by atoms with Crippen molar-refractivity contribution in [2.75, 3.05) is 31.1 Å². The molecule has 2 N–H and O–H groups in total. The van der Waals surface area contributed by atoms with Crippen molar-refractivity contribution in [3.05, 3.63) is 30.1 Å². The lowest BCUT2D eigenvalue weighted by atomic mass is 9.81. The molecule has 120 valence electrons. The van der Waals surface area contributed by atoms with Crippen LogP contribution in [0.25, 0.3) is 0 Å². The summed E-state index contributed by atoms with van der Waals surface area (Å²) in [6.45, 7) is 2.55. The van der Waals surface area contributed by atoms with Crippen LogP contribution in [0, 0.1) is 5.82 Å². The topological polar surface area (TPSA) is 49.6 Å². The fraction of sp³-hybridized carbons (Fsp3) is 0.588. The largest absolute Gasteiger partial charge is 0.366 e. The minimum absolute atomic E-state index is 0.0837. The maximum absolute atomic E-state index is 13.8. The summed E-state index contributed by atoms with van der Waals surface area (Å²) in [5.74, 6) is -0.120. The second kappa shape index (κ2) is 6.24. The normalized spacial score (nSPS) is 21.7. The van der Waals surface area contributed by atoms with E-state index in [1.165, 1.54) is 12.5 Å². The van der Waals surface area contributed by atoms with E-state index in [2.05, 4.69) is 0 Å². The molecule has 1 aliphatic heterocycles. The molecule has 22 heavy (non-hydrogen) atoms. The van der Waals surface area contributed by atoms with Gasteiger partial charge < -0.3 is 15.5 Å². The number of benzene rings is 1. The lowest BCUT2D eigenvalue weighted by Crippen LogP contribution is -2.60. The highest BCUT2D eigenvalue weighted by molar-refractivity contribution is 5.86. The summed E-state index contributed by atoms with van der Waals surface area (Å²) in [5, 5.41) is 0. The molecule has 1 aromatic rings. The van der Waals surface area contributed by atoms with Gasteiger partial charge in [-0.2, -0.15) is 0 Å². The average Bonchev–Trinajstić information content (AvgIpc) is 2.55. The number of carbonyl (C=O) groups is 1. The zero-order chi connectivity index (χ0) is 15.6. The number of nitrogens with two attached hydrogens (primary N) is 1. The number of nitrogens with zero attached hydrogens (tertiary/aromatic N) is 2. The molecule has 0 aromatic heterocycles. The molecular weight excluding hydrogens is 281 g/mol. The summed E-state index contributed by atoms with van der Waals surface area (Å²) < 4.78 is 13.8. The van der Waals surface area contributed by atoms with Gasteiger partial charge in [0.05, 0.1) is 11.2 Å². The standard InChI is InChI=1S/C17H24FN3O/c18-14-6-2-3-7-15(14)20-10-12-21(13-11-20)16(22)17(19)8-4-1-5-9-17/h2-3,6-7H,1,4-5,8-13,19H2. The van der Waals surface area contributed by atoms with Crippen molar-refractivity contribution in [2.24, 2.45) is 5.73 Å². The molecule has 1 aliphatic carbocycles. The predicted molar refractivity (Wildman–Crippen MR) is 85.2 cm³/mol. The average molecular weight is 305 g/mol. The zero-order valence-corrected chi connectivity index (χ0v) is 12.9. The molecule has 0 bridgehead atoms. The summed E-state index contributed by atoms with van der Waals surface area (Å²) in [5.41, 5.74) is 6.29. The van der Waals surface area contributed by atoms with Crippen LogP contribution in [-0.2, 0) is 4.79 Å². The first-order valence-corrected chi connectivity index (χ1v) is 8.18. The van der Waals surface area contributed by atoms with Crippen LogP contribution in [-0.4, -0.2) is 42.5 Å². The maximum Gasteiger partial charge on any atom is 0.242 e. The van der Waals surface area contributed by atoms with Gasteiger partial charge in [0.1, 0.15) is 5.82 Å². The smallest absolute Gasteiger partial charge is 0.242 e. The van der Waals surface area contributed by atoms with E-state index in [1.54, 1.807) is 12.1 Å². The number of hydrogen-bond acceptors (Lipinski definition) is 3. The molecule has 1 aromatic carbocycles. The Hall–Kier alpha value is -1.62. The fourth-order valence-corrected chi connectivity index (χ4v) is 3.57. The van der Waals surface area contributed by atoms with Gasteiger partial charge in [0, 0.05) is 26.2 Å². The minimum Gasteiger partial charge on any atom is -0.366 e. The molecule has 0 atom stereocenters. The molecule has 1 heterocycles. The summed E-state index contributed by atoms with van der Waals surface area (Å²) in [6, 6.07) is 6.80. The zero-order valence-electron chi connectivity index (χ0n) is 12.9. The first-order chi connectivity index (χ1) is 10.6. The number of hydrogen-bond donors (Lipinski definition) is 1. The van der Waals surface area contributed by atoms with Crippen LogP contribution in [0.4, 0.5) is 10.1 Å². The van der Waals surface area contributed by atoms with Crippen molar-refractivity contribution in [2.45, 2.75) is 37.6 Å². The van der Waals surface area contributed by atoms with Crippen molar-refractivity contribution >= 4 is 11.6 Å². The van der Waals surface area contributed by atoms with E-state index >= 15 is 0 Å². The Morgan fingerprint density at radius 1 is 1.05 bits per heavy atom. The molecular formula is C17H24FN3O. The number of carbonyl (C=O) groups excluding carboxylic acids is 1. The van der Waals surface area contributed by atoms with Crippen molar-refractivity contribution in [3.8, 4) is 0 Å². The molecule has 5 heteroatoms. The van der Waals surface area contributed by atoms with Crippen LogP contribution in [0.1, 0.15) is 32.1 Å². The van der Waals surface area contributed by atoms with Crippen LogP contribution in [0.3, 0.4) is 0 Å². The van der Waals surface area contributed by atoms with Gasteiger partial charge in [0.2, 0.25) is 5.91 Å². The van der Waals surface area contributed by atoms with Gasteiger partial charge in [-0.3, -0.25) is 4.79 Å². The molecule has 1 saturated carbocycles. The van der Waals surface area contributed by atoms with Crippen LogP contribution >= 0.6 is 0 Å². The number of halogens is 1. The molecule has 2 aliphatic rings. The highest BCUT2D eigenvalue weighted by atomic mass is 19.1. The number of anilines is 1. The molecule has 1 amide bonds. The molecule has 0 unspecified atom stereocenters. The summed E-state index contributed by atoms with van der Waals surface area (Å²) in [7, 11) is 0. The third kappa shape index (κ3) is 2.95. The predicted octanol–water partition coefficient (Wildman–Crippen LogP) is 2.14. The Labute approximate surface area is 131 Å². The first kappa shape index (κ1) is 15.3. The second-order valence-electron chi connectivity index (χ2n) is 6.45. The highest BCUT2D eigenvalue weighted by Crippen LogP contribution is 2.28. The van der Waals surface area contributed by atoms with Gasteiger partial charge in [0.25, 0.3) is 0 Å². The van der Waals surface area contributed by atoms with Crippen molar-refractivity contribution < 1.29 is 9.18 Å². The summed E-state index contributed by atoms with van der Waals surface area (Å²) >= 11 is 0. The molecule has 4 nitrogen and oxygen atoms in total. The quantitative estimate of drug-likeness (QED) is 0.910.